The number of anilines is 2. The largest absolute Gasteiger partial charge is 0.478 e. The lowest BCUT2D eigenvalue weighted by molar-refractivity contribution is 0.0697. The van der Waals surface area contributed by atoms with Crippen molar-refractivity contribution < 1.29 is 9.90 Å². The SMILES string of the molecule is Nc1cc(C(=O)O)ccc1N1CCCSCC1. The number of carboxylic acid groups (broad SMARTS) is 1. The lowest BCUT2D eigenvalue weighted by Gasteiger charge is -2.24. The Balaban J connectivity index is 2.22. The van der Waals surface area contributed by atoms with Crippen molar-refractivity contribution in [3.8, 4) is 0 Å². The maximum absolute atomic E-state index is 10.8. The highest BCUT2D eigenvalue weighted by molar-refractivity contribution is 7.99. The van der Waals surface area contributed by atoms with E-state index < -0.39 is 5.97 Å². The number of hydrogen-bond acceptors (Lipinski definition) is 4. The van der Waals surface area contributed by atoms with Crippen LogP contribution in [-0.4, -0.2) is 35.7 Å². The molecule has 5 heteroatoms. The molecule has 3 N–H and O–H groups in total. The van der Waals surface area contributed by atoms with Crippen LogP contribution in [0.25, 0.3) is 0 Å². The summed E-state index contributed by atoms with van der Waals surface area (Å²) in [5.41, 5.74) is 7.68. The number of aromatic carboxylic acids is 1. The fourth-order valence-corrected chi connectivity index (χ4v) is 2.85. The number of thioether (sulfide) groups is 1. The van der Waals surface area contributed by atoms with Gasteiger partial charge < -0.3 is 15.7 Å². The molecule has 1 fully saturated rings. The number of carbonyl (C=O) groups is 1. The van der Waals surface area contributed by atoms with Gasteiger partial charge in [-0.25, -0.2) is 4.79 Å². The topological polar surface area (TPSA) is 66.6 Å². The van der Waals surface area contributed by atoms with E-state index >= 15 is 0 Å². The molecule has 1 heterocycles. The Morgan fingerprint density at radius 2 is 2.18 bits per heavy atom. The summed E-state index contributed by atoms with van der Waals surface area (Å²) in [6.07, 6.45) is 1.14. The van der Waals surface area contributed by atoms with Crippen molar-refractivity contribution >= 4 is 29.1 Å². The molecule has 1 aromatic carbocycles. The van der Waals surface area contributed by atoms with Gasteiger partial charge in [-0.15, -0.1) is 0 Å². The fraction of sp³-hybridized carbons (Fsp3) is 0.417. The van der Waals surface area contributed by atoms with Gasteiger partial charge in [0, 0.05) is 18.8 Å². The molecular weight excluding hydrogens is 236 g/mol. The minimum atomic E-state index is -0.935. The summed E-state index contributed by atoms with van der Waals surface area (Å²) in [5.74, 6) is 1.35. The Bertz CT molecular complexity index is 415. The summed E-state index contributed by atoms with van der Waals surface area (Å²) < 4.78 is 0. The van der Waals surface area contributed by atoms with Gasteiger partial charge in [0.05, 0.1) is 16.9 Å². The van der Waals surface area contributed by atoms with Crippen LogP contribution < -0.4 is 10.6 Å². The van der Waals surface area contributed by atoms with Crippen LogP contribution in [0.15, 0.2) is 18.2 Å². The quantitative estimate of drug-likeness (QED) is 0.787. The van der Waals surface area contributed by atoms with E-state index in [2.05, 4.69) is 4.90 Å². The highest BCUT2D eigenvalue weighted by Gasteiger charge is 2.14. The number of benzene rings is 1. The van der Waals surface area contributed by atoms with Crippen LogP contribution in [0.1, 0.15) is 16.8 Å². The summed E-state index contributed by atoms with van der Waals surface area (Å²) in [6, 6.07) is 4.97. The van der Waals surface area contributed by atoms with E-state index in [0.29, 0.717) is 5.69 Å². The van der Waals surface area contributed by atoms with Crippen LogP contribution in [0, 0.1) is 0 Å². The van der Waals surface area contributed by atoms with Crippen molar-refractivity contribution in [2.45, 2.75) is 6.42 Å². The predicted octanol–water partition coefficient (Wildman–Crippen LogP) is 1.91. The molecule has 0 saturated carbocycles. The number of rotatable bonds is 2. The third-order valence-electron chi connectivity index (χ3n) is 2.84. The summed E-state index contributed by atoms with van der Waals surface area (Å²) in [7, 11) is 0. The van der Waals surface area contributed by atoms with Crippen molar-refractivity contribution in [1.82, 2.24) is 0 Å². The van der Waals surface area contributed by atoms with Crippen LogP contribution in [0.2, 0.25) is 0 Å². The van der Waals surface area contributed by atoms with Crippen LogP contribution in [0.4, 0.5) is 11.4 Å². The van der Waals surface area contributed by atoms with Gasteiger partial charge in [-0.2, -0.15) is 11.8 Å². The molecule has 92 valence electrons. The van der Waals surface area contributed by atoms with Gasteiger partial charge >= 0.3 is 5.97 Å². The van der Waals surface area contributed by atoms with E-state index in [1.807, 2.05) is 17.8 Å². The lowest BCUT2D eigenvalue weighted by atomic mass is 10.1. The second kappa shape index (κ2) is 5.31. The average molecular weight is 252 g/mol. The zero-order chi connectivity index (χ0) is 12.3. The van der Waals surface area contributed by atoms with Crippen molar-refractivity contribution in [2.75, 3.05) is 35.2 Å². The van der Waals surface area contributed by atoms with E-state index in [0.717, 1.165) is 31.0 Å². The first-order valence-electron chi connectivity index (χ1n) is 5.64. The maximum atomic E-state index is 10.8. The molecule has 17 heavy (non-hydrogen) atoms. The predicted molar refractivity (Wildman–Crippen MR) is 72.0 cm³/mol. The second-order valence-electron chi connectivity index (χ2n) is 4.03. The van der Waals surface area contributed by atoms with Crippen LogP contribution in [-0.2, 0) is 0 Å². The van der Waals surface area contributed by atoms with E-state index in [1.165, 1.54) is 11.8 Å². The Hall–Kier alpha value is -1.36. The van der Waals surface area contributed by atoms with Gasteiger partial charge in [-0.05, 0) is 30.4 Å². The van der Waals surface area contributed by atoms with Crippen molar-refractivity contribution in [3.05, 3.63) is 23.8 Å². The number of nitrogens with zero attached hydrogens (tertiary/aromatic N) is 1. The minimum absolute atomic E-state index is 0.246. The van der Waals surface area contributed by atoms with E-state index in [1.54, 1.807) is 6.07 Å². The fourth-order valence-electron chi connectivity index (χ4n) is 1.96. The molecule has 1 aliphatic heterocycles. The van der Waals surface area contributed by atoms with Crippen molar-refractivity contribution in [2.24, 2.45) is 0 Å². The molecule has 0 bridgehead atoms. The van der Waals surface area contributed by atoms with E-state index in [9.17, 15) is 4.79 Å². The number of nitrogen functional groups attached to an aromatic ring is 1. The van der Waals surface area contributed by atoms with Crippen LogP contribution >= 0.6 is 11.8 Å². The van der Waals surface area contributed by atoms with Gasteiger partial charge in [0.25, 0.3) is 0 Å². The van der Waals surface area contributed by atoms with Crippen LogP contribution in [0.3, 0.4) is 0 Å². The van der Waals surface area contributed by atoms with Gasteiger partial charge in [0.1, 0.15) is 0 Å². The lowest BCUT2D eigenvalue weighted by Crippen LogP contribution is -2.26. The van der Waals surface area contributed by atoms with E-state index in [4.69, 9.17) is 10.8 Å². The van der Waals surface area contributed by atoms with E-state index in [-0.39, 0.29) is 5.56 Å². The number of carboxylic acids is 1. The van der Waals surface area contributed by atoms with Crippen LogP contribution in [0.5, 0.6) is 0 Å². The monoisotopic (exact) mass is 252 g/mol. The van der Waals surface area contributed by atoms with Gasteiger partial charge in [-0.3, -0.25) is 0 Å². The molecule has 1 aliphatic rings. The first-order chi connectivity index (χ1) is 8.18. The molecule has 1 saturated heterocycles. The third kappa shape index (κ3) is 2.85. The minimum Gasteiger partial charge on any atom is -0.478 e. The van der Waals surface area contributed by atoms with Crippen molar-refractivity contribution in [3.63, 3.8) is 0 Å². The highest BCUT2D eigenvalue weighted by Crippen LogP contribution is 2.26. The first-order valence-corrected chi connectivity index (χ1v) is 6.79. The standard InChI is InChI=1S/C12H16N2O2S/c13-10-8-9(12(15)16)2-3-11(10)14-4-1-6-17-7-5-14/h2-3,8H,1,4-7,13H2,(H,15,16). The molecule has 0 atom stereocenters. The second-order valence-corrected chi connectivity index (χ2v) is 5.26. The summed E-state index contributed by atoms with van der Waals surface area (Å²) in [4.78, 5) is 13.1. The summed E-state index contributed by atoms with van der Waals surface area (Å²) in [5, 5.41) is 8.88. The Labute approximate surface area is 105 Å². The number of nitrogens with two attached hydrogens (primary N) is 1. The van der Waals surface area contributed by atoms with Gasteiger partial charge in [0.2, 0.25) is 0 Å². The van der Waals surface area contributed by atoms with Gasteiger partial charge in [-0.1, -0.05) is 0 Å². The third-order valence-corrected chi connectivity index (χ3v) is 3.89. The smallest absolute Gasteiger partial charge is 0.335 e. The molecule has 0 aromatic heterocycles. The first kappa shape index (κ1) is 12.1. The maximum Gasteiger partial charge on any atom is 0.335 e. The highest BCUT2D eigenvalue weighted by atomic mass is 32.2. The Kier molecular flexibility index (Phi) is 3.78. The molecule has 2 rings (SSSR count). The molecule has 4 nitrogen and oxygen atoms in total. The molecule has 0 aliphatic carbocycles. The molecular formula is C12H16N2O2S. The summed E-state index contributed by atoms with van der Waals surface area (Å²) in [6.45, 7) is 1.96. The Morgan fingerprint density at radius 1 is 1.35 bits per heavy atom. The zero-order valence-corrected chi connectivity index (χ0v) is 10.4. The average Bonchev–Trinajstić information content (AvgIpc) is 2.57. The molecule has 0 amide bonds. The van der Waals surface area contributed by atoms with Gasteiger partial charge in [0.15, 0.2) is 0 Å². The molecule has 0 unspecified atom stereocenters. The summed E-state index contributed by atoms with van der Waals surface area (Å²) >= 11 is 1.95. The van der Waals surface area contributed by atoms with Crippen molar-refractivity contribution in [1.29, 1.82) is 0 Å². The Morgan fingerprint density at radius 3 is 2.88 bits per heavy atom. The molecule has 0 radical (unpaired) electrons. The normalized spacial score (nSPS) is 16.6. The molecule has 1 aromatic rings. The zero-order valence-electron chi connectivity index (χ0n) is 9.56. The molecule has 0 spiro atoms. The number of hydrogen-bond donors (Lipinski definition) is 2.